The van der Waals surface area contributed by atoms with Crippen LogP contribution >= 0.6 is 0 Å². The standard InChI is InChI=1S/C23H31N7O7/c24-15(6-7-19(25)32)20(33)30-18(11-31)22(35)28-16(8-13-4-2-1-3-5-13)21(34)29-17(23(36)37)9-14-10-26-12-27-14/h1-5,10,12,15-18,31H,6-9,11,24H2,(H2,25,32)(H,26,27)(H,28,35)(H,29,34)(H,30,33)(H,36,37). The summed E-state index contributed by atoms with van der Waals surface area (Å²) in [4.78, 5) is 67.5. The maximum absolute atomic E-state index is 13.1. The van der Waals surface area contributed by atoms with E-state index in [2.05, 4.69) is 25.9 Å². The molecule has 1 aromatic heterocycles. The number of hydrogen-bond acceptors (Lipinski definition) is 8. The van der Waals surface area contributed by atoms with Crippen LogP contribution in [0.4, 0.5) is 0 Å². The number of aliphatic carboxylic acids is 1. The number of H-pyrrole nitrogens is 1. The van der Waals surface area contributed by atoms with Crippen molar-refractivity contribution in [2.45, 2.75) is 49.9 Å². The van der Waals surface area contributed by atoms with Gasteiger partial charge in [0.25, 0.3) is 0 Å². The molecule has 1 aromatic carbocycles. The van der Waals surface area contributed by atoms with E-state index < -0.39 is 60.4 Å². The first kappa shape index (κ1) is 28.9. The molecule has 0 saturated carbocycles. The summed E-state index contributed by atoms with van der Waals surface area (Å²) in [5.74, 6) is -4.43. The van der Waals surface area contributed by atoms with Crippen molar-refractivity contribution >= 4 is 29.6 Å². The number of aromatic nitrogens is 2. The summed E-state index contributed by atoms with van der Waals surface area (Å²) in [5.41, 5.74) is 11.9. The smallest absolute Gasteiger partial charge is 0.326 e. The number of aromatic amines is 1. The quantitative estimate of drug-likeness (QED) is 0.122. The van der Waals surface area contributed by atoms with Crippen LogP contribution in [0.1, 0.15) is 24.1 Å². The molecule has 0 fully saturated rings. The fourth-order valence-corrected chi connectivity index (χ4v) is 3.32. The minimum atomic E-state index is -1.46. The van der Waals surface area contributed by atoms with E-state index >= 15 is 0 Å². The number of carbonyl (C=O) groups is 5. The number of amides is 4. The van der Waals surface area contributed by atoms with E-state index in [1.165, 1.54) is 12.5 Å². The molecule has 10 N–H and O–H groups in total. The highest BCUT2D eigenvalue weighted by Crippen LogP contribution is 2.06. The highest BCUT2D eigenvalue weighted by atomic mass is 16.4. The SMILES string of the molecule is NC(=O)CCC(N)C(=O)NC(CO)C(=O)NC(Cc1ccccc1)C(=O)NC(Cc1cnc[nH]1)C(=O)O. The predicted octanol–water partition coefficient (Wildman–Crippen LogP) is -2.68. The Morgan fingerprint density at radius 1 is 0.919 bits per heavy atom. The molecule has 0 aliphatic carbocycles. The molecule has 4 amide bonds. The second-order valence-electron chi connectivity index (χ2n) is 8.29. The topological polar surface area (TPSA) is 243 Å². The van der Waals surface area contributed by atoms with Gasteiger partial charge in [0, 0.05) is 31.2 Å². The number of nitrogens with one attached hydrogen (secondary N) is 4. The van der Waals surface area contributed by atoms with Gasteiger partial charge < -0.3 is 42.6 Å². The van der Waals surface area contributed by atoms with Crippen molar-refractivity contribution in [2.75, 3.05) is 6.61 Å². The Labute approximate surface area is 212 Å². The second kappa shape index (κ2) is 14.3. The first-order valence-corrected chi connectivity index (χ1v) is 11.4. The van der Waals surface area contributed by atoms with Gasteiger partial charge in [-0.1, -0.05) is 30.3 Å². The monoisotopic (exact) mass is 517 g/mol. The molecule has 0 aliphatic heterocycles. The third-order valence-corrected chi connectivity index (χ3v) is 5.36. The second-order valence-corrected chi connectivity index (χ2v) is 8.29. The highest BCUT2D eigenvalue weighted by molar-refractivity contribution is 5.94. The number of benzene rings is 1. The van der Waals surface area contributed by atoms with Gasteiger partial charge in [-0.15, -0.1) is 0 Å². The Morgan fingerprint density at radius 3 is 2.11 bits per heavy atom. The lowest BCUT2D eigenvalue weighted by Gasteiger charge is -2.24. The van der Waals surface area contributed by atoms with Crippen LogP contribution in [-0.4, -0.2) is 80.6 Å². The van der Waals surface area contributed by atoms with E-state index in [0.29, 0.717) is 11.3 Å². The number of hydrogen-bond donors (Lipinski definition) is 8. The zero-order chi connectivity index (χ0) is 27.4. The molecule has 0 aliphatic rings. The lowest BCUT2D eigenvalue weighted by Crippen LogP contribution is -2.58. The van der Waals surface area contributed by atoms with Crippen molar-refractivity contribution in [3.05, 3.63) is 54.1 Å². The molecule has 0 saturated heterocycles. The normalized spacial score (nSPS) is 14.0. The minimum Gasteiger partial charge on any atom is -0.480 e. The first-order chi connectivity index (χ1) is 17.6. The Hall–Kier alpha value is -4.30. The summed E-state index contributed by atoms with van der Waals surface area (Å²) in [6, 6.07) is 3.48. The molecule has 1 heterocycles. The minimum absolute atomic E-state index is 0.000962. The van der Waals surface area contributed by atoms with E-state index in [4.69, 9.17) is 11.5 Å². The third-order valence-electron chi connectivity index (χ3n) is 5.36. The zero-order valence-corrected chi connectivity index (χ0v) is 19.9. The highest BCUT2D eigenvalue weighted by Gasteiger charge is 2.30. The fraction of sp³-hybridized carbons (Fsp3) is 0.391. The van der Waals surface area contributed by atoms with Crippen LogP contribution in [0.3, 0.4) is 0 Å². The molecule has 14 heteroatoms. The van der Waals surface area contributed by atoms with Crippen molar-refractivity contribution in [3.8, 4) is 0 Å². The van der Waals surface area contributed by atoms with Crippen LogP contribution in [-0.2, 0) is 36.8 Å². The van der Waals surface area contributed by atoms with Crippen LogP contribution in [0, 0.1) is 0 Å². The Bertz CT molecular complexity index is 1060. The van der Waals surface area contributed by atoms with Crippen molar-refractivity contribution in [2.24, 2.45) is 11.5 Å². The van der Waals surface area contributed by atoms with Crippen molar-refractivity contribution in [1.29, 1.82) is 0 Å². The average molecular weight is 518 g/mol. The van der Waals surface area contributed by atoms with E-state index in [-0.39, 0.29) is 25.7 Å². The van der Waals surface area contributed by atoms with Gasteiger partial charge in [-0.25, -0.2) is 9.78 Å². The number of carboxylic acids is 1. The molecular formula is C23H31N7O7. The fourth-order valence-electron chi connectivity index (χ4n) is 3.32. The van der Waals surface area contributed by atoms with Gasteiger partial charge in [-0.2, -0.15) is 0 Å². The van der Waals surface area contributed by atoms with Gasteiger partial charge in [0.15, 0.2) is 0 Å². The molecule has 14 nitrogen and oxygen atoms in total. The number of primary amides is 1. The average Bonchev–Trinajstić information content (AvgIpc) is 3.38. The van der Waals surface area contributed by atoms with Gasteiger partial charge in [-0.3, -0.25) is 19.2 Å². The van der Waals surface area contributed by atoms with E-state index in [0.717, 1.165) is 0 Å². The molecule has 0 spiro atoms. The van der Waals surface area contributed by atoms with Gasteiger partial charge in [0.1, 0.15) is 18.1 Å². The molecule has 0 radical (unpaired) electrons. The molecular weight excluding hydrogens is 486 g/mol. The van der Waals surface area contributed by atoms with Crippen molar-refractivity contribution in [3.63, 3.8) is 0 Å². The van der Waals surface area contributed by atoms with E-state index in [1.807, 2.05) is 0 Å². The summed E-state index contributed by atoms with van der Waals surface area (Å²) in [6.07, 6.45) is 2.51. The van der Waals surface area contributed by atoms with E-state index in [1.54, 1.807) is 30.3 Å². The third kappa shape index (κ3) is 9.70. The Balaban J connectivity index is 2.13. The van der Waals surface area contributed by atoms with Crippen LogP contribution in [0.2, 0.25) is 0 Å². The molecule has 0 bridgehead atoms. The van der Waals surface area contributed by atoms with Crippen LogP contribution in [0.25, 0.3) is 0 Å². The number of aliphatic hydroxyl groups excluding tert-OH is 1. The Morgan fingerprint density at radius 2 is 1.54 bits per heavy atom. The lowest BCUT2D eigenvalue weighted by atomic mass is 10.0. The van der Waals surface area contributed by atoms with Crippen LogP contribution in [0.15, 0.2) is 42.9 Å². The summed E-state index contributed by atoms with van der Waals surface area (Å²) >= 11 is 0. The van der Waals surface area contributed by atoms with Gasteiger partial charge in [-0.05, 0) is 12.0 Å². The molecule has 2 rings (SSSR count). The molecule has 4 unspecified atom stereocenters. The Kier molecular flexibility index (Phi) is 11.2. The molecule has 2 aromatic rings. The number of imidazole rings is 1. The number of rotatable bonds is 15. The van der Waals surface area contributed by atoms with Crippen molar-refractivity contribution in [1.82, 2.24) is 25.9 Å². The van der Waals surface area contributed by atoms with E-state index in [9.17, 15) is 34.2 Å². The molecule has 200 valence electrons. The van der Waals surface area contributed by atoms with Crippen molar-refractivity contribution < 1.29 is 34.2 Å². The number of nitrogens with zero attached hydrogens (tertiary/aromatic N) is 1. The summed E-state index contributed by atoms with van der Waals surface area (Å²) in [6.45, 7) is -0.808. The predicted molar refractivity (Wildman–Crippen MR) is 129 cm³/mol. The summed E-state index contributed by atoms with van der Waals surface area (Å²) < 4.78 is 0. The van der Waals surface area contributed by atoms with Gasteiger partial charge >= 0.3 is 5.97 Å². The van der Waals surface area contributed by atoms with Gasteiger partial charge in [0.05, 0.1) is 19.0 Å². The summed E-state index contributed by atoms with van der Waals surface area (Å²) in [7, 11) is 0. The van der Waals surface area contributed by atoms with Crippen LogP contribution < -0.4 is 27.4 Å². The number of nitrogens with two attached hydrogens (primary N) is 2. The number of carbonyl (C=O) groups excluding carboxylic acids is 4. The maximum Gasteiger partial charge on any atom is 0.326 e. The molecule has 4 atom stereocenters. The lowest BCUT2D eigenvalue weighted by molar-refractivity contribution is -0.142. The van der Waals surface area contributed by atoms with Gasteiger partial charge in [0.2, 0.25) is 23.6 Å². The summed E-state index contributed by atoms with van der Waals surface area (Å²) in [5, 5.41) is 26.4. The molecule has 37 heavy (non-hydrogen) atoms. The zero-order valence-electron chi connectivity index (χ0n) is 19.9. The number of aliphatic hydroxyl groups is 1. The number of carboxylic acid groups (broad SMARTS) is 1. The largest absolute Gasteiger partial charge is 0.480 e. The van der Waals surface area contributed by atoms with Crippen LogP contribution in [0.5, 0.6) is 0 Å². The first-order valence-electron chi connectivity index (χ1n) is 11.4. The maximum atomic E-state index is 13.1.